The minimum atomic E-state index is -0.967. The first kappa shape index (κ1) is 14.1. The summed E-state index contributed by atoms with van der Waals surface area (Å²) in [5, 5.41) is 2.61. The Morgan fingerprint density at radius 3 is 2.29 bits per heavy atom. The third-order valence-corrected chi connectivity index (χ3v) is 3.96. The average Bonchev–Trinajstić information content (AvgIpc) is 2.88. The zero-order valence-corrected chi connectivity index (χ0v) is 12.3. The quantitative estimate of drug-likeness (QED) is 0.519. The smallest absolute Gasteiger partial charge is 0.304 e. The molecule has 2 heterocycles. The number of rotatable bonds is 2. The number of Topliss-reactive ketones (excluding diaryl/α,β-unsaturated/α-hetero) is 2. The molecule has 2 aliphatic rings. The Labute approximate surface area is 136 Å². The lowest BCUT2D eigenvalue weighted by Gasteiger charge is -2.27. The molecular formula is C18H10N2O4. The molecule has 2 amide bonds. The van der Waals surface area contributed by atoms with E-state index in [2.05, 4.69) is 5.32 Å². The van der Waals surface area contributed by atoms with Crippen molar-refractivity contribution >= 4 is 34.8 Å². The molecule has 0 saturated heterocycles. The highest BCUT2D eigenvalue weighted by atomic mass is 16.2. The lowest BCUT2D eigenvalue weighted by molar-refractivity contribution is -0.132. The summed E-state index contributed by atoms with van der Waals surface area (Å²) in [6.07, 6.45) is 0. The Bertz CT molecular complexity index is 960. The van der Waals surface area contributed by atoms with Crippen LogP contribution in [0.5, 0.6) is 0 Å². The van der Waals surface area contributed by atoms with Crippen LogP contribution in [0.15, 0.2) is 65.9 Å². The number of anilines is 2. The number of ketones is 2. The number of amides is 2. The van der Waals surface area contributed by atoms with Crippen LogP contribution in [0.3, 0.4) is 0 Å². The number of hydrogen-bond donors (Lipinski definition) is 1. The molecule has 24 heavy (non-hydrogen) atoms. The Morgan fingerprint density at radius 2 is 1.54 bits per heavy atom. The summed E-state index contributed by atoms with van der Waals surface area (Å²) < 4.78 is 0. The number of carbonyl (C=O) groups excluding carboxylic acids is 4. The third-order valence-electron chi connectivity index (χ3n) is 3.96. The summed E-state index contributed by atoms with van der Waals surface area (Å²) in [7, 11) is 0. The van der Waals surface area contributed by atoms with Gasteiger partial charge in [0.25, 0.3) is 11.7 Å². The summed E-state index contributed by atoms with van der Waals surface area (Å²) in [5.74, 6) is -3.15. The summed E-state index contributed by atoms with van der Waals surface area (Å²) >= 11 is 0. The molecule has 0 bridgehead atoms. The number of carbonyl (C=O) groups is 4. The molecule has 0 atom stereocenters. The van der Waals surface area contributed by atoms with Gasteiger partial charge in [-0.15, -0.1) is 0 Å². The fraction of sp³-hybridized carbons (Fsp3) is 0. The molecule has 0 aromatic heterocycles. The van der Waals surface area contributed by atoms with Crippen LogP contribution in [0.4, 0.5) is 11.4 Å². The maximum atomic E-state index is 12.7. The zero-order valence-electron chi connectivity index (χ0n) is 12.3. The van der Waals surface area contributed by atoms with E-state index in [-0.39, 0.29) is 11.3 Å². The van der Waals surface area contributed by atoms with E-state index in [4.69, 9.17) is 0 Å². The summed E-state index contributed by atoms with van der Waals surface area (Å²) in [6.45, 7) is 0. The Hall–Kier alpha value is -3.54. The van der Waals surface area contributed by atoms with E-state index in [9.17, 15) is 19.2 Å². The van der Waals surface area contributed by atoms with Gasteiger partial charge in [-0.25, -0.2) is 0 Å². The van der Waals surface area contributed by atoms with Gasteiger partial charge in [0.2, 0.25) is 0 Å². The largest absolute Gasteiger partial charge is 0.319 e. The molecule has 6 heteroatoms. The van der Waals surface area contributed by atoms with E-state index >= 15 is 0 Å². The second-order valence-electron chi connectivity index (χ2n) is 5.36. The van der Waals surface area contributed by atoms with E-state index in [1.807, 2.05) is 0 Å². The summed E-state index contributed by atoms with van der Waals surface area (Å²) in [6, 6.07) is 14.7. The first-order chi connectivity index (χ1) is 11.6. The van der Waals surface area contributed by atoms with Gasteiger partial charge in [0, 0.05) is 5.56 Å². The number of nitrogens with one attached hydrogen (secondary N) is 1. The fourth-order valence-corrected chi connectivity index (χ4v) is 2.87. The molecule has 0 aliphatic carbocycles. The summed E-state index contributed by atoms with van der Waals surface area (Å²) in [5.41, 5.74) is 0.438. The number of hydrogen-bond acceptors (Lipinski definition) is 4. The van der Waals surface area contributed by atoms with Gasteiger partial charge in [0.1, 0.15) is 11.3 Å². The van der Waals surface area contributed by atoms with Crippen LogP contribution in [0.25, 0.3) is 0 Å². The highest BCUT2D eigenvalue weighted by Crippen LogP contribution is 2.38. The molecule has 2 aliphatic heterocycles. The molecule has 1 N–H and O–H groups in total. The van der Waals surface area contributed by atoms with Crippen molar-refractivity contribution in [2.45, 2.75) is 0 Å². The predicted molar refractivity (Wildman–Crippen MR) is 85.4 cm³/mol. The second kappa shape index (κ2) is 4.99. The molecule has 4 rings (SSSR count). The molecule has 2 aromatic carbocycles. The molecule has 6 nitrogen and oxygen atoms in total. The topological polar surface area (TPSA) is 83.6 Å². The Balaban J connectivity index is 1.93. The molecule has 0 spiro atoms. The minimum absolute atomic E-state index is 0.211. The SMILES string of the molecule is O=C1Nc2ccccc2N2C(=O)C(=O)C(C(=O)c3ccccc3)=C12. The number of para-hydroxylation sites is 2. The lowest BCUT2D eigenvalue weighted by Crippen LogP contribution is -2.37. The number of fused-ring (bicyclic) bond motifs is 3. The van der Waals surface area contributed by atoms with Crippen LogP contribution in [0.1, 0.15) is 10.4 Å². The van der Waals surface area contributed by atoms with Crippen molar-refractivity contribution < 1.29 is 19.2 Å². The van der Waals surface area contributed by atoms with E-state index < -0.39 is 29.0 Å². The van der Waals surface area contributed by atoms with Gasteiger partial charge in [-0.2, -0.15) is 0 Å². The van der Waals surface area contributed by atoms with E-state index in [0.717, 1.165) is 4.90 Å². The average molecular weight is 318 g/mol. The van der Waals surface area contributed by atoms with Crippen molar-refractivity contribution in [2.75, 3.05) is 10.2 Å². The normalized spacial score (nSPS) is 16.0. The molecule has 2 aromatic rings. The molecule has 0 radical (unpaired) electrons. The lowest BCUT2D eigenvalue weighted by atomic mass is 9.99. The molecule has 116 valence electrons. The first-order valence-corrected chi connectivity index (χ1v) is 7.23. The monoisotopic (exact) mass is 318 g/mol. The van der Waals surface area contributed by atoms with Gasteiger partial charge in [-0.3, -0.25) is 24.1 Å². The second-order valence-corrected chi connectivity index (χ2v) is 5.36. The van der Waals surface area contributed by atoms with Crippen LogP contribution in [-0.2, 0) is 14.4 Å². The molecule has 0 fully saturated rings. The summed E-state index contributed by atoms with van der Waals surface area (Å²) in [4.78, 5) is 50.9. The Morgan fingerprint density at radius 1 is 0.875 bits per heavy atom. The number of benzene rings is 2. The molecule has 0 unspecified atom stereocenters. The van der Waals surface area contributed by atoms with Crippen LogP contribution >= 0.6 is 0 Å². The van der Waals surface area contributed by atoms with Gasteiger partial charge in [0.05, 0.1) is 11.4 Å². The van der Waals surface area contributed by atoms with Crippen molar-refractivity contribution in [3.63, 3.8) is 0 Å². The predicted octanol–water partition coefficient (Wildman–Crippen LogP) is 1.69. The van der Waals surface area contributed by atoms with Crippen molar-refractivity contribution in [2.24, 2.45) is 0 Å². The maximum Gasteiger partial charge on any atom is 0.304 e. The number of nitrogens with zero attached hydrogens (tertiary/aromatic N) is 1. The molecule has 0 saturated carbocycles. The van der Waals surface area contributed by atoms with Crippen LogP contribution in [-0.4, -0.2) is 23.4 Å². The standard InChI is InChI=1S/C18H10N2O4/c21-15(10-6-2-1-3-7-10)13-14-17(23)19-11-8-4-5-9-12(11)20(14)18(24)16(13)22/h1-9H,(H,19,23). The highest BCUT2D eigenvalue weighted by Gasteiger charge is 2.48. The van der Waals surface area contributed by atoms with E-state index in [1.54, 1.807) is 42.5 Å². The van der Waals surface area contributed by atoms with Crippen molar-refractivity contribution in [1.82, 2.24) is 0 Å². The Kier molecular flexibility index (Phi) is 2.93. The fourth-order valence-electron chi connectivity index (χ4n) is 2.87. The van der Waals surface area contributed by atoms with Gasteiger partial charge >= 0.3 is 5.91 Å². The van der Waals surface area contributed by atoms with E-state index in [0.29, 0.717) is 11.4 Å². The van der Waals surface area contributed by atoms with Crippen LogP contribution in [0.2, 0.25) is 0 Å². The van der Waals surface area contributed by atoms with Gasteiger partial charge in [0.15, 0.2) is 5.78 Å². The van der Waals surface area contributed by atoms with Crippen molar-refractivity contribution in [3.05, 3.63) is 71.4 Å². The van der Waals surface area contributed by atoms with Crippen LogP contribution < -0.4 is 10.2 Å². The van der Waals surface area contributed by atoms with Crippen molar-refractivity contribution in [1.29, 1.82) is 0 Å². The van der Waals surface area contributed by atoms with Gasteiger partial charge in [-0.05, 0) is 12.1 Å². The van der Waals surface area contributed by atoms with Gasteiger partial charge < -0.3 is 5.32 Å². The zero-order chi connectivity index (χ0) is 16.8. The third kappa shape index (κ3) is 1.83. The first-order valence-electron chi connectivity index (χ1n) is 7.23. The van der Waals surface area contributed by atoms with E-state index in [1.165, 1.54) is 12.1 Å². The maximum absolute atomic E-state index is 12.7. The highest BCUT2D eigenvalue weighted by molar-refractivity contribution is 6.60. The molecular weight excluding hydrogens is 308 g/mol. The minimum Gasteiger partial charge on any atom is -0.319 e. The van der Waals surface area contributed by atoms with Crippen LogP contribution in [0, 0.1) is 0 Å². The van der Waals surface area contributed by atoms with Gasteiger partial charge in [-0.1, -0.05) is 42.5 Å². The van der Waals surface area contributed by atoms with Crippen molar-refractivity contribution in [3.8, 4) is 0 Å².